The zero-order valence-electron chi connectivity index (χ0n) is 5.01. The molecule has 1 aliphatic rings. The Kier molecular flexibility index (Phi) is 3.28. The van der Waals surface area contributed by atoms with Crippen LogP contribution in [0.2, 0.25) is 0 Å². The van der Waals surface area contributed by atoms with E-state index in [1.165, 1.54) is 0 Å². The monoisotopic (exact) mass is 152 g/mol. The molecule has 3 nitrogen and oxygen atoms in total. The van der Waals surface area contributed by atoms with Crippen molar-refractivity contribution >= 4 is 11.6 Å². The number of rotatable bonds is 3. The van der Waals surface area contributed by atoms with Gasteiger partial charge in [0.1, 0.15) is 0 Å². The largest absolute Gasteiger partial charge is 0.329 e. The van der Waals surface area contributed by atoms with Crippen LogP contribution < -0.4 is 0 Å². The van der Waals surface area contributed by atoms with Crippen LogP contribution in [0.25, 0.3) is 0 Å². The van der Waals surface area contributed by atoms with Crippen molar-refractivity contribution in [1.82, 2.24) is 0 Å². The maximum absolute atomic E-state index is 5.34. The molecule has 1 fully saturated rings. The fourth-order valence-corrected chi connectivity index (χ4v) is 0.663. The molecule has 0 saturated carbocycles. The molecule has 0 N–H and O–H groups in total. The van der Waals surface area contributed by atoms with Crippen LogP contribution in [0.1, 0.15) is 0 Å². The SMILES string of the molecule is ClCCOC1OCCO1. The molecule has 0 unspecified atom stereocenters. The van der Waals surface area contributed by atoms with E-state index in [-0.39, 0.29) is 0 Å². The summed E-state index contributed by atoms with van der Waals surface area (Å²) in [5, 5.41) is 0. The zero-order valence-corrected chi connectivity index (χ0v) is 5.76. The third-order valence-electron chi connectivity index (χ3n) is 0.922. The Balaban J connectivity index is 1.98. The third kappa shape index (κ3) is 2.49. The Labute approximate surface area is 58.8 Å². The summed E-state index contributed by atoms with van der Waals surface area (Å²) in [6, 6.07) is 0. The lowest BCUT2D eigenvalue weighted by Gasteiger charge is -2.07. The van der Waals surface area contributed by atoms with Crippen molar-refractivity contribution in [3.8, 4) is 0 Å². The molecule has 1 heterocycles. The average molecular weight is 153 g/mol. The molecule has 0 atom stereocenters. The van der Waals surface area contributed by atoms with E-state index < -0.39 is 6.48 Å². The van der Waals surface area contributed by atoms with E-state index in [4.69, 9.17) is 25.8 Å². The van der Waals surface area contributed by atoms with Gasteiger partial charge in [0.25, 0.3) is 6.48 Å². The van der Waals surface area contributed by atoms with Crippen LogP contribution in [-0.4, -0.2) is 32.2 Å². The first-order valence-electron chi connectivity index (χ1n) is 2.84. The van der Waals surface area contributed by atoms with Gasteiger partial charge in [0.2, 0.25) is 0 Å². The highest BCUT2D eigenvalue weighted by molar-refractivity contribution is 6.17. The molecule has 0 aromatic carbocycles. The Morgan fingerprint density at radius 1 is 1.44 bits per heavy atom. The molecule has 1 rings (SSSR count). The van der Waals surface area contributed by atoms with Crippen molar-refractivity contribution in [2.75, 3.05) is 25.7 Å². The fraction of sp³-hybridized carbons (Fsp3) is 1.00. The molecule has 9 heavy (non-hydrogen) atoms. The zero-order chi connectivity index (χ0) is 6.53. The van der Waals surface area contributed by atoms with E-state index in [0.29, 0.717) is 25.7 Å². The van der Waals surface area contributed by atoms with E-state index in [0.717, 1.165) is 0 Å². The summed E-state index contributed by atoms with van der Waals surface area (Å²) in [4.78, 5) is 0. The van der Waals surface area contributed by atoms with E-state index in [1.807, 2.05) is 0 Å². The van der Waals surface area contributed by atoms with Crippen LogP contribution in [0.3, 0.4) is 0 Å². The molecule has 1 aliphatic heterocycles. The van der Waals surface area contributed by atoms with Crippen molar-refractivity contribution < 1.29 is 14.2 Å². The van der Waals surface area contributed by atoms with E-state index in [2.05, 4.69) is 0 Å². The molecule has 0 amide bonds. The molecule has 0 aromatic heterocycles. The molecule has 4 heteroatoms. The second kappa shape index (κ2) is 4.06. The average Bonchev–Trinajstić information content (AvgIpc) is 2.34. The van der Waals surface area contributed by atoms with Gasteiger partial charge in [-0.25, -0.2) is 0 Å². The summed E-state index contributed by atoms with van der Waals surface area (Å²) in [5.41, 5.74) is 0. The smallest absolute Gasteiger partial charge is 0.271 e. The van der Waals surface area contributed by atoms with Crippen molar-refractivity contribution in [2.24, 2.45) is 0 Å². The molecule has 0 radical (unpaired) electrons. The van der Waals surface area contributed by atoms with Gasteiger partial charge >= 0.3 is 0 Å². The van der Waals surface area contributed by atoms with Crippen molar-refractivity contribution in [3.63, 3.8) is 0 Å². The lowest BCUT2D eigenvalue weighted by molar-refractivity contribution is -0.226. The predicted molar refractivity (Wildman–Crippen MR) is 32.4 cm³/mol. The molecular formula is C5H9ClO3. The molecular weight excluding hydrogens is 144 g/mol. The second-order valence-electron chi connectivity index (χ2n) is 1.59. The van der Waals surface area contributed by atoms with Gasteiger partial charge in [-0.3, -0.25) is 0 Å². The summed E-state index contributed by atoms with van der Waals surface area (Å²) in [7, 11) is 0. The summed E-state index contributed by atoms with van der Waals surface area (Å²) >= 11 is 5.34. The van der Waals surface area contributed by atoms with Crippen LogP contribution >= 0.6 is 11.6 Å². The molecule has 0 aliphatic carbocycles. The van der Waals surface area contributed by atoms with Crippen molar-refractivity contribution in [2.45, 2.75) is 6.48 Å². The van der Waals surface area contributed by atoms with Crippen LogP contribution in [0, 0.1) is 0 Å². The molecule has 1 saturated heterocycles. The Bertz CT molecular complexity index is 72.6. The quantitative estimate of drug-likeness (QED) is 0.554. The molecule has 0 bridgehead atoms. The minimum absolute atomic E-state index is 0.469. The van der Waals surface area contributed by atoms with E-state index in [1.54, 1.807) is 0 Å². The van der Waals surface area contributed by atoms with Crippen molar-refractivity contribution in [3.05, 3.63) is 0 Å². The normalized spacial score (nSPS) is 21.0. The van der Waals surface area contributed by atoms with Gasteiger partial charge < -0.3 is 14.2 Å². The summed E-state index contributed by atoms with van der Waals surface area (Å²) in [6.07, 6.45) is 0. The minimum Gasteiger partial charge on any atom is -0.329 e. The maximum atomic E-state index is 5.34. The number of halogens is 1. The highest BCUT2D eigenvalue weighted by atomic mass is 35.5. The predicted octanol–water partition coefficient (Wildman–Crippen LogP) is 0.572. The van der Waals surface area contributed by atoms with Crippen molar-refractivity contribution in [1.29, 1.82) is 0 Å². The fourth-order valence-electron chi connectivity index (χ4n) is 0.574. The first-order valence-corrected chi connectivity index (χ1v) is 3.37. The number of alkyl halides is 1. The summed E-state index contributed by atoms with van der Waals surface area (Å²) in [6.45, 7) is 1.25. The van der Waals surface area contributed by atoms with Gasteiger partial charge in [0.05, 0.1) is 19.8 Å². The van der Waals surface area contributed by atoms with Crippen LogP contribution in [0.15, 0.2) is 0 Å². The van der Waals surface area contributed by atoms with Crippen LogP contribution in [0.4, 0.5) is 0 Å². The van der Waals surface area contributed by atoms with Gasteiger partial charge in [0, 0.05) is 5.88 Å². The Morgan fingerprint density at radius 3 is 2.67 bits per heavy atom. The van der Waals surface area contributed by atoms with Gasteiger partial charge in [-0.1, -0.05) is 0 Å². The molecule has 54 valence electrons. The molecule has 0 spiro atoms. The highest BCUT2D eigenvalue weighted by Crippen LogP contribution is 2.04. The van der Waals surface area contributed by atoms with Gasteiger partial charge in [-0.05, 0) is 0 Å². The standard InChI is InChI=1S/C5H9ClO3/c6-1-2-7-5-8-3-4-9-5/h5H,1-4H2. The number of hydrogen-bond acceptors (Lipinski definition) is 3. The lowest BCUT2D eigenvalue weighted by Crippen LogP contribution is -2.13. The topological polar surface area (TPSA) is 27.7 Å². The lowest BCUT2D eigenvalue weighted by atomic mass is 10.8. The highest BCUT2D eigenvalue weighted by Gasteiger charge is 2.14. The Hall–Kier alpha value is 0.170. The van der Waals surface area contributed by atoms with Gasteiger partial charge in [0.15, 0.2) is 0 Å². The van der Waals surface area contributed by atoms with Crippen LogP contribution in [-0.2, 0) is 14.2 Å². The summed E-state index contributed by atoms with van der Waals surface area (Å²) < 4.78 is 14.9. The number of hydrogen-bond donors (Lipinski definition) is 0. The van der Waals surface area contributed by atoms with Crippen LogP contribution in [0.5, 0.6) is 0 Å². The van der Waals surface area contributed by atoms with Gasteiger partial charge in [-0.15, -0.1) is 11.6 Å². The maximum Gasteiger partial charge on any atom is 0.271 e. The first kappa shape index (κ1) is 7.28. The minimum atomic E-state index is -0.469. The first-order chi connectivity index (χ1) is 4.43. The second-order valence-corrected chi connectivity index (χ2v) is 1.97. The van der Waals surface area contributed by atoms with E-state index >= 15 is 0 Å². The third-order valence-corrected chi connectivity index (χ3v) is 1.08. The number of ether oxygens (including phenoxy) is 3. The molecule has 0 aromatic rings. The van der Waals surface area contributed by atoms with Gasteiger partial charge in [-0.2, -0.15) is 0 Å². The Morgan fingerprint density at radius 2 is 2.11 bits per heavy atom. The summed E-state index contributed by atoms with van der Waals surface area (Å²) in [5.74, 6) is 0.475. The van der Waals surface area contributed by atoms with E-state index in [9.17, 15) is 0 Å².